The standard InChI is InChI=1S/C26H23N3O6S/c1-16-15-21(27-35-16)29-23(22-24(30)19-7-3-4-8-20(19)34-25(22)26(29)31)17-9-11-18(12-10-17)36(32,33)28-13-5-2-6-14-28/h3-4,7-12,15,23H,2,5-6,13-14H2,1H3. The highest BCUT2D eigenvalue weighted by molar-refractivity contribution is 7.89. The van der Waals surface area contributed by atoms with Gasteiger partial charge in [-0.25, -0.2) is 8.42 Å². The Labute approximate surface area is 207 Å². The third-order valence-corrected chi connectivity index (χ3v) is 8.70. The minimum absolute atomic E-state index is 0.0608. The van der Waals surface area contributed by atoms with Crippen LogP contribution < -0.4 is 10.3 Å². The maximum atomic E-state index is 13.6. The molecule has 10 heteroatoms. The lowest BCUT2D eigenvalue weighted by atomic mass is 9.98. The lowest BCUT2D eigenvalue weighted by molar-refractivity contribution is 0.0969. The Bertz CT molecular complexity index is 1650. The number of sulfonamides is 1. The highest BCUT2D eigenvalue weighted by Gasteiger charge is 2.45. The fourth-order valence-electron chi connectivity index (χ4n) is 5.01. The van der Waals surface area contributed by atoms with Gasteiger partial charge >= 0.3 is 0 Å². The largest absolute Gasteiger partial charge is 0.450 e. The Morgan fingerprint density at radius 3 is 2.39 bits per heavy atom. The Morgan fingerprint density at radius 2 is 1.69 bits per heavy atom. The lowest BCUT2D eigenvalue weighted by Gasteiger charge is -2.26. The fourth-order valence-corrected chi connectivity index (χ4v) is 6.53. The molecule has 2 aromatic carbocycles. The number of hydrogen-bond donors (Lipinski definition) is 0. The number of aryl methyl sites for hydroxylation is 1. The number of aromatic nitrogens is 1. The highest BCUT2D eigenvalue weighted by atomic mass is 32.2. The molecule has 6 rings (SSSR count). The molecule has 1 atom stereocenters. The number of benzene rings is 2. The minimum Gasteiger partial charge on any atom is -0.450 e. The third kappa shape index (κ3) is 3.48. The van der Waals surface area contributed by atoms with Gasteiger partial charge in [0.05, 0.1) is 21.9 Å². The molecule has 1 saturated heterocycles. The van der Waals surface area contributed by atoms with Gasteiger partial charge in [0.15, 0.2) is 11.2 Å². The molecular formula is C26H23N3O6S. The first-order valence-electron chi connectivity index (χ1n) is 11.8. The molecule has 4 aromatic rings. The van der Waals surface area contributed by atoms with Crippen molar-refractivity contribution in [2.24, 2.45) is 0 Å². The van der Waals surface area contributed by atoms with E-state index in [1.807, 2.05) is 0 Å². The number of carbonyl (C=O) groups is 1. The van der Waals surface area contributed by atoms with E-state index < -0.39 is 22.0 Å². The number of para-hydroxylation sites is 1. The first-order chi connectivity index (χ1) is 17.4. The van der Waals surface area contributed by atoms with E-state index in [2.05, 4.69) is 5.16 Å². The second kappa shape index (κ2) is 8.42. The Morgan fingerprint density at radius 1 is 0.972 bits per heavy atom. The van der Waals surface area contributed by atoms with Gasteiger partial charge in [-0.15, -0.1) is 0 Å². The van der Waals surface area contributed by atoms with Crippen LogP contribution in [0, 0.1) is 6.92 Å². The van der Waals surface area contributed by atoms with Crippen molar-refractivity contribution in [3.05, 3.63) is 87.5 Å². The van der Waals surface area contributed by atoms with E-state index in [9.17, 15) is 18.0 Å². The van der Waals surface area contributed by atoms with Gasteiger partial charge in [0.25, 0.3) is 5.91 Å². The van der Waals surface area contributed by atoms with Crippen molar-refractivity contribution in [1.29, 1.82) is 0 Å². The quantitative estimate of drug-likeness (QED) is 0.412. The Hall–Kier alpha value is -3.76. The van der Waals surface area contributed by atoms with Gasteiger partial charge in [-0.3, -0.25) is 14.5 Å². The molecule has 1 unspecified atom stereocenters. The van der Waals surface area contributed by atoms with Crippen molar-refractivity contribution in [2.75, 3.05) is 18.0 Å². The van der Waals surface area contributed by atoms with Crippen molar-refractivity contribution in [3.8, 4) is 0 Å². The molecule has 1 amide bonds. The second-order valence-electron chi connectivity index (χ2n) is 9.08. The molecular weight excluding hydrogens is 482 g/mol. The Balaban J connectivity index is 1.49. The summed E-state index contributed by atoms with van der Waals surface area (Å²) in [5.74, 6) is 0.160. The predicted molar refractivity (Wildman–Crippen MR) is 131 cm³/mol. The molecule has 36 heavy (non-hydrogen) atoms. The number of anilines is 1. The van der Waals surface area contributed by atoms with Crippen LogP contribution in [0.4, 0.5) is 5.82 Å². The maximum absolute atomic E-state index is 13.6. The zero-order valence-electron chi connectivity index (χ0n) is 19.5. The van der Waals surface area contributed by atoms with Gasteiger partial charge in [0.2, 0.25) is 15.8 Å². The zero-order valence-corrected chi connectivity index (χ0v) is 20.3. The van der Waals surface area contributed by atoms with Crippen molar-refractivity contribution >= 4 is 32.7 Å². The molecule has 184 valence electrons. The van der Waals surface area contributed by atoms with Gasteiger partial charge in [0, 0.05) is 19.2 Å². The smallest absolute Gasteiger partial charge is 0.296 e. The first-order valence-corrected chi connectivity index (χ1v) is 13.2. The highest BCUT2D eigenvalue weighted by Crippen LogP contribution is 2.41. The van der Waals surface area contributed by atoms with Crippen LogP contribution in [0.2, 0.25) is 0 Å². The molecule has 0 bridgehead atoms. The molecule has 0 radical (unpaired) electrons. The van der Waals surface area contributed by atoms with Gasteiger partial charge in [0.1, 0.15) is 11.3 Å². The number of fused-ring (bicyclic) bond motifs is 2. The molecule has 1 fully saturated rings. The summed E-state index contributed by atoms with van der Waals surface area (Å²) in [6, 6.07) is 13.8. The van der Waals surface area contributed by atoms with Crippen molar-refractivity contribution in [3.63, 3.8) is 0 Å². The summed E-state index contributed by atoms with van der Waals surface area (Å²) in [6.07, 6.45) is 2.71. The molecule has 9 nitrogen and oxygen atoms in total. The summed E-state index contributed by atoms with van der Waals surface area (Å²) in [6.45, 7) is 2.71. The Kier molecular flexibility index (Phi) is 5.31. The van der Waals surface area contributed by atoms with E-state index in [4.69, 9.17) is 8.94 Å². The van der Waals surface area contributed by atoms with E-state index in [1.165, 1.54) is 21.3 Å². The van der Waals surface area contributed by atoms with E-state index in [0.29, 0.717) is 35.4 Å². The van der Waals surface area contributed by atoms with Crippen LogP contribution in [0.15, 0.2) is 73.2 Å². The van der Waals surface area contributed by atoms with E-state index in [1.54, 1.807) is 49.4 Å². The summed E-state index contributed by atoms with van der Waals surface area (Å²) < 4.78 is 38.9. The number of amides is 1. The fraction of sp³-hybridized carbons (Fsp3) is 0.269. The van der Waals surface area contributed by atoms with Crippen LogP contribution in [-0.4, -0.2) is 36.9 Å². The summed E-state index contributed by atoms with van der Waals surface area (Å²) in [4.78, 5) is 28.6. The topological polar surface area (TPSA) is 114 Å². The van der Waals surface area contributed by atoms with E-state index in [0.717, 1.165) is 19.3 Å². The van der Waals surface area contributed by atoms with Crippen LogP contribution in [-0.2, 0) is 10.0 Å². The molecule has 0 spiro atoms. The van der Waals surface area contributed by atoms with Crippen LogP contribution in [0.1, 0.15) is 52.7 Å². The number of piperidine rings is 1. The van der Waals surface area contributed by atoms with Gasteiger partial charge in [-0.1, -0.05) is 35.8 Å². The second-order valence-corrected chi connectivity index (χ2v) is 11.0. The SMILES string of the molecule is Cc1cc(N2C(=O)c3oc4ccccc4c(=O)c3C2c2ccc(S(=O)(=O)N3CCCCC3)cc2)no1. The van der Waals surface area contributed by atoms with Crippen molar-refractivity contribution in [2.45, 2.75) is 37.1 Å². The molecule has 4 heterocycles. The normalized spacial score (nSPS) is 18.6. The van der Waals surface area contributed by atoms with Crippen LogP contribution >= 0.6 is 0 Å². The molecule has 2 aromatic heterocycles. The van der Waals surface area contributed by atoms with E-state index >= 15 is 0 Å². The third-order valence-electron chi connectivity index (χ3n) is 6.79. The van der Waals surface area contributed by atoms with Crippen molar-refractivity contribution in [1.82, 2.24) is 9.46 Å². The summed E-state index contributed by atoms with van der Waals surface area (Å²) in [7, 11) is -3.63. The predicted octanol–water partition coefficient (Wildman–Crippen LogP) is 4.01. The van der Waals surface area contributed by atoms with Gasteiger partial charge in [-0.05, 0) is 49.6 Å². The first kappa shape index (κ1) is 22.7. The number of carbonyl (C=O) groups excluding carboxylic acids is 1. The van der Waals surface area contributed by atoms with Crippen LogP contribution in [0.5, 0.6) is 0 Å². The van der Waals surface area contributed by atoms with Crippen LogP contribution in [0.25, 0.3) is 11.0 Å². The molecule has 0 aliphatic carbocycles. The lowest BCUT2D eigenvalue weighted by Crippen LogP contribution is -2.35. The number of rotatable bonds is 4. The molecule has 2 aliphatic heterocycles. The maximum Gasteiger partial charge on any atom is 0.296 e. The molecule has 2 aliphatic rings. The van der Waals surface area contributed by atoms with E-state index in [-0.39, 0.29) is 27.5 Å². The summed E-state index contributed by atoms with van der Waals surface area (Å²) in [5.41, 5.74) is 0.737. The summed E-state index contributed by atoms with van der Waals surface area (Å²) in [5, 5.41) is 4.37. The van der Waals surface area contributed by atoms with Crippen molar-refractivity contribution < 1.29 is 22.2 Å². The van der Waals surface area contributed by atoms with Gasteiger partial charge in [-0.2, -0.15) is 4.31 Å². The van der Waals surface area contributed by atoms with Gasteiger partial charge < -0.3 is 8.94 Å². The number of hydrogen-bond acceptors (Lipinski definition) is 7. The average molecular weight is 506 g/mol. The average Bonchev–Trinajstić information content (AvgIpc) is 3.45. The number of nitrogens with zero attached hydrogens (tertiary/aromatic N) is 3. The summed E-state index contributed by atoms with van der Waals surface area (Å²) >= 11 is 0. The van der Waals surface area contributed by atoms with Crippen LogP contribution in [0.3, 0.4) is 0 Å². The minimum atomic E-state index is -3.63. The molecule has 0 N–H and O–H groups in total. The molecule has 0 saturated carbocycles. The monoisotopic (exact) mass is 505 g/mol. The zero-order chi connectivity index (χ0) is 25.0.